The normalized spacial score (nSPS) is 11.9. The summed E-state index contributed by atoms with van der Waals surface area (Å²) in [6.07, 6.45) is -0.890. The summed E-state index contributed by atoms with van der Waals surface area (Å²) < 4.78 is 62.8. The molecule has 1 aromatic rings. The molecule has 0 fully saturated rings. The van der Waals surface area contributed by atoms with Gasteiger partial charge < -0.3 is 14.3 Å². The first-order chi connectivity index (χ1) is 13.6. The quantitative estimate of drug-likeness (QED) is 0.144. The minimum Gasteiger partial charge on any atom is -0.491 e. The van der Waals surface area contributed by atoms with Crippen LogP contribution in [0.15, 0.2) is 28.7 Å². The Kier molecular flexibility index (Phi) is 11.2. The number of hydrogen-bond donors (Lipinski definition) is 0. The van der Waals surface area contributed by atoms with Gasteiger partial charge in [-0.15, -0.1) is 0 Å². The van der Waals surface area contributed by atoms with Gasteiger partial charge in [-0.3, -0.25) is 0 Å². The Morgan fingerprint density at radius 3 is 2.31 bits per heavy atom. The van der Waals surface area contributed by atoms with Gasteiger partial charge in [-0.1, -0.05) is 28.4 Å². The number of ether oxygens (including phenoxy) is 2. The van der Waals surface area contributed by atoms with Gasteiger partial charge >= 0.3 is 6.18 Å². The highest BCUT2D eigenvalue weighted by Crippen LogP contribution is 2.43. The second-order valence-electron chi connectivity index (χ2n) is 6.22. The molecule has 1 aromatic carbocycles. The Labute approximate surface area is 177 Å². The van der Waals surface area contributed by atoms with Gasteiger partial charge in [0.1, 0.15) is 30.3 Å². The SMILES string of the molecule is CC(C)=NOCCCCCCOc1c(Cl)cc(OC/C=C(\F)Cl)cc1C(F)(F)F. The van der Waals surface area contributed by atoms with Crippen LogP contribution in [0.1, 0.15) is 45.1 Å². The lowest BCUT2D eigenvalue weighted by atomic mass is 10.1. The predicted octanol–water partition coefficient (Wildman–Crippen LogP) is 7.14. The number of oxime groups is 1. The van der Waals surface area contributed by atoms with Crippen molar-refractivity contribution in [3.8, 4) is 11.5 Å². The highest BCUT2D eigenvalue weighted by molar-refractivity contribution is 6.32. The van der Waals surface area contributed by atoms with E-state index in [1.807, 2.05) is 13.8 Å². The maximum absolute atomic E-state index is 13.4. The van der Waals surface area contributed by atoms with Crippen LogP contribution in [0.25, 0.3) is 0 Å². The van der Waals surface area contributed by atoms with Crippen LogP contribution < -0.4 is 9.47 Å². The van der Waals surface area contributed by atoms with E-state index < -0.39 is 22.8 Å². The molecule has 0 N–H and O–H groups in total. The fourth-order valence-electron chi connectivity index (χ4n) is 2.18. The van der Waals surface area contributed by atoms with Crippen LogP contribution in [-0.2, 0) is 11.0 Å². The number of alkyl halides is 3. The summed E-state index contributed by atoms with van der Waals surface area (Å²) in [6.45, 7) is 3.88. The molecule has 0 aromatic heterocycles. The number of benzene rings is 1. The maximum Gasteiger partial charge on any atom is 0.420 e. The third kappa shape index (κ3) is 10.6. The number of rotatable bonds is 12. The van der Waals surface area contributed by atoms with E-state index in [9.17, 15) is 17.6 Å². The second kappa shape index (κ2) is 12.8. The van der Waals surface area contributed by atoms with Crippen LogP contribution in [0.2, 0.25) is 5.02 Å². The van der Waals surface area contributed by atoms with Gasteiger partial charge in [0, 0.05) is 12.1 Å². The highest BCUT2D eigenvalue weighted by atomic mass is 35.5. The molecule has 0 bridgehead atoms. The summed E-state index contributed by atoms with van der Waals surface area (Å²) in [4.78, 5) is 5.06. The summed E-state index contributed by atoms with van der Waals surface area (Å²) in [5.41, 5.74) is -0.230. The summed E-state index contributed by atoms with van der Waals surface area (Å²) in [7, 11) is 0. The van der Waals surface area contributed by atoms with E-state index in [4.69, 9.17) is 37.5 Å². The Balaban J connectivity index is 2.59. The van der Waals surface area contributed by atoms with Crippen molar-refractivity contribution >= 4 is 28.9 Å². The van der Waals surface area contributed by atoms with Crippen LogP contribution in [0.4, 0.5) is 17.6 Å². The molecule has 10 heteroatoms. The Morgan fingerprint density at radius 1 is 1.07 bits per heavy atom. The van der Waals surface area contributed by atoms with Crippen molar-refractivity contribution in [2.45, 2.75) is 45.7 Å². The lowest BCUT2D eigenvalue weighted by molar-refractivity contribution is -0.139. The average Bonchev–Trinajstić information content (AvgIpc) is 2.60. The third-order valence-electron chi connectivity index (χ3n) is 3.43. The molecule has 0 saturated carbocycles. The number of unbranched alkanes of at least 4 members (excludes halogenated alkanes) is 3. The van der Waals surface area contributed by atoms with Crippen molar-refractivity contribution in [1.82, 2.24) is 0 Å². The van der Waals surface area contributed by atoms with Gasteiger partial charge in [-0.05, 0) is 45.6 Å². The molecule has 0 aliphatic heterocycles. The van der Waals surface area contributed by atoms with Gasteiger partial charge in [-0.25, -0.2) is 0 Å². The standard InChI is InChI=1S/C19H23Cl2F4NO3/c1-13(2)26-29-9-6-4-3-5-8-28-18-15(19(23,24)25)11-14(12-16(18)20)27-10-7-17(21)22/h7,11-12H,3-6,8-10H2,1-2H3/b17-7-. The van der Waals surface area contributed by atoms with Gasteiger partial charge in [-0.2, -0.15) is 17.6 Å². The molecule has 0 radical (unpaired) electrons. The van der Waals surface area contributed by atoms with E-state index in [0.29, 0.717) is 13.0 Å². The highest BCUT2D eigenvalue weighted by Gasteiger charge is 2.36. The first-order valence-electron chi connectivity index (χ1n) is 8.92. The monoisotopic (exact) mass is 459 g/mol. The van der Waals surface area contributed by atoms with E-state index >= 15 is 0 Å². The fourth-order valence-corrected chi connectivity index (χ4v) is 2.51. The number of nitrogens with zero attached hydrogens (tertiary/aromatic N) is 1. The van der Waals surface area contributed by atoms with Crippen LogP contribution in [0.5, 0.6) is 11.5 Å². The minimum absolute atomic E-state index is 0.0796. The maximum atomic E-state index is 13.4. The van der Waals surface area contributed by atoms with Crippen molar-refractivity contribution in [1.29, 1.82) is 0 Å². The Hall–Kier alpha value is -1.67. The molecule has 4 nitrogen and oxygen atoms in total. The van der Waals surface area contributed by atoms with Gasteiger partial charge in [0.05, 0.1) is 17.3 Å². The summed E-state index contributed by atoms with van der Waals surface area (Å²) >= 11 is 11.0. The molecule has 29 heavy (non-hydrogen) atoms. The zero-order valence-corrected chi connectivity index (χ0v) is 17.6. The third-order valence-corrected chi connectivity index (χ3v) is 3.87. The van der Waals surface area contributed by atoms with E-state index in [0.717, 1.165) is 37.1 Å². The molecular weight excluding hydrogens is 437 g/mol. The van der Waals surface area contributed by atoms with Crippen LogP contribution in [0.3, 0.4) is 0 Å². The molecule has 164 valence electrons. The topological polar surface area (TPSA) is 40.0 Å². The van der Waals surface area contributed by atoms with Gasteiger partial charge in [0.25, 0.3) is 0 Å². The molecule has 1 rings (SSSR count). The lowest BCUT2D eigenvalue weighted by Gasteiger charge is -2.17. The molecule has 0 amide bonds. The molecule has 0 saturated heterocycles. The minimum atomic E-state index is -4.69. The summed E-state index contributed by atoms with van der Waals surface area (Å²) in [5, 5.41) is 2.54. The van der Waals surface area contributed by atoms with Crippen molar-refractivity contribution in [3.63, 3.8) is 0 Å². The average molecular weight is 460 g/mol. The molecule has 0 spiro atoms. The lowest BCUT2D eigenvalue weighted by Crippen LogP contribution is -2.11. The van der Waals surface area contributed by atoms with E-state index in [-0.39, 0.29) is 24.0 Å². The predicted molar refractivity (Wildman–Crippen MR) is 106 cm³/mol. The molecule has 0 unspecified atom stereocenters. The first kappa shape index (κ1) is 25.4. The molecule has 0 heterocycles. The van der Waals surface area contributed by atoms with Gasteiger partial charge in [0.2, 0.25) is 0 Å². The van der Waals surface area contributed by atoms with Gasteiger partial charge in [0.15, 0.2) is 5.29 Å². The molecule has 0 aliphatic rings. The number of hydrogen-bond acceptors (Lipinski definition) is 4. The van der Waals surface area contributed by atoms with Crippen LogP contribution >= 0.6 is 23.2 Å². The zero-order chi connectivity index (χ0) is 21.9. The van der Waals surface area contributed by atoms with Crippen LogP contribution in [-0.4, -0.2) is 25.5 Å². The Morgan fingerprint density at radius 2 is 1.72 bits per heavy atom. The summed E-state index contributed by atoms with van der Waals surface area (Å²) in [6, 6.07) is 1.94. The number of halogens is 6. The van der Waals surface area contributed by atoms with Crippen molar-refractivity contribution in [3.05, 3.63) is 34.1 Å². The van der Waals surface area contributed by atoms with Crippen molar-refractivity contribution in [2.24, 2.45) is 5.16 Å². The van der Waals surface area contributed by atoms with Crippen LogP contribution in [0, 0.1) is 0 Å². The fraction of sp³-hybridized carbons (Fsp3) is 0.526. The smallest absolute Gasteiger partial charge is 0.420 e. The van der Waals surface area contributed by atoms with E-state index in [2.05, 4.69) is 5.16 Å². The Bertz CT molecular complexity index is 701. The second-order valence-corrected chi connectivity index (χ2v) is 6.99. The summed E-state index contributed by atoms with van der Waals surface area (Å²) in [5.74, 6) is -0.629. The van der Waals surface area contributed by atoms with E-state index in [1.165, 1.54) is 6.07 Å². The van der Waals surface area contributed by atoms with Crippen molar-refractivity contribution in [2.75, 3.05) is 19.8 Å². The van der Waals surface area contributed by atoms with Crippen molar-refractivity contribution < 1.29 is 31.9 Å². The molecule has 0 atom stereocenters. The zero-order valence-electron chi connectivity index (χ0n) is 16.1. The molecular formula is C19H23Cl2F4NO3. The molecule has 0 aliphatic carbocycles. The first-order valence-corrected chi connectivity index (χ1v) is 9.67. The largest absolute Gasteiger partial charge is 0.491 e. The van der Waals surface area contributed by atoms with E-state index in [1.54, 1.807) is 0 Å².